The smallest absolute Gasteiger partial charge is 0.241 e. The van der Waals surface area contributed by atoms with E-state index in [1.807, 2.05) is 32.9 Å². The molecular weight excluding hydrogens is 256 g/mol. The molecule has 20 heavy (non-hydrogen) atoms. The van der Waals surface area contributed by atoms with Crippen LogP contribution < -0.4 is 11.1 Å². The Morgan fingerprint density at radius 3 is 2.75 bits per heavy atom. The topological polar surface area (TPSA) is 110 Å². The molecular formula is C13H18N6O. The van der Waals surface area contributed by atoms with E-state index in [1.165, 1.54) is 0 Å². The first kappa shape index (κ1) is 14.1. The average molecular weight is 274 g/mol. The molecule has 0 fully saturated rings. The third-order valence-corrected chi connectivity index (χ3v) is 2.95. The van der Waals surface area contributed by atoms with Gasteiger partial charge in [0.05, 0.1) is 6.04 Å². The van der Waals surface area contributed by atoms with E-state index in [1.54, 1.807) is 12.1 Å². The van der Waals surface area contributed by atoms with Gasteiger partial charge in [-0.15, -0.1) is 10.2 Å². The number of anilines is 1. The first-order valence-electron chi connectivity index (χ1n) is 6.28. The van der Waals surface area contributed by atoms with Crippen LogP contribution in [0.1, 0.15) is 20.8 Å². The van der Waals surface area contributed by atoms with E-state index in [9.17, 15) is 4.79 Å². The molecule has 0 saturated carbocycles. The van der Waals surface area contributed by atoms with Gasteiger partial charge >= 0.3 is 0 Å². The van der Waals surface area contributed by atoms with E-state index >= 15 is 0 Å². The summed E-state index contributed by atoms with van der Waals surface area (Å²) in [6, 6.07) is 6.62. The van der Waals surface area contributed by atoms with E-state index in [-0.39, 0.29) is 11.3 Å². The number of aromatic nitrogens is 4. The minimum Gasteiger partial charge on any atom is -0.325 e. The zero-order chi connectivity index (χ0) is 14.8. The largest absolute Gasteiger partial charge is 0.325 e. The molecule has 0 bridgehead atoms. The lowest BCUT2D eigenvalue weighted by molar-refractivity contribution is -0.119. The Morgan fingerprint density at radius 2 is 2.15 bits per heavy atom. The number of aromatic amines is 1. The van der Waals surface area contributed by atoms with Crippen LogP contribution in [0.3, 0.4) is 0 Å². The summed E-state index contributed by atoms with van der Waals surface area (Å²) in [7, 11) is 0. The first-order valence-corrected chi connectivity index (χ1v) is 6.28. The maximum atomic E-state index is 12.1. The molecule has 1 aromatic heterocycles. The number of rotatable bonds is 3. The number of nitrogens with zero attached hydrogens (tertiary/aromatic N) is 3. The van der Waals surface area contributed by atoms with E-state index in [4.69, 9.17) is 5.73 Å². The van der Waals surface area contributed by atoms with Crippen molar-refractivity contribution < 1.29 is 4.79 Å². The summed E-state index contributed by atoms with van der Waals surface area (Å²) in [5.74, 6) is 0.254. The lowest BCUT2D eigenvalue weighted by Crippen LogP contribution is -2.45. The number of amides is 1. The second kappa shape index (κ2) is 5.38. The Hall–Kier alpha value is -2.28. The van der Waals surface area contributed by atoms with Crippen molar-refractivity contribution in [2.75, 3.05) is 5.32 Å². The Kier molecular flexibility index (Phi) is 3.80. The number of nitrogens with one attached hydrogen (secondary N) is 2. The van der Waals surface area contributed by atoms with Crippen molar-refractivity contribution in [3.05, 3.63) is 24.3 Å². The minimum absolute atomic E-state index is 0.220. The van der Waals surface area contributed by atoms with Gasteiger partial charge in [-0.05, 0) is 22.8 Å². The van der Waals surface area contributed by atoms with Crippen LogP contribution in [0, 0.1) is 5.41 Å². The lowest BCUT2D eigenvalue weighted by Gasteiger charge is -2.25. The summed E-state index contributed by atoms with van der Waals surface area (Å²) in [5, 5.41) is 16.5. The highest BCUT2D eigenvalue weighted by Crippen LogP contribution is 2.21. The molecule has 106 valence electrons. The van der Waals surface area contributed by atoms with Gasteiger partial charge in [0.2, 0.25) is 11.7 Å². The Balaban J connectivity index is 2.15. The highest BCUT2D eigenvalue weighted by Gasteiger charge is 2.27. The van der Waals surface area contributed by atoms with E-state index in [2.05, 4.69) is 25.9 Å². The van der Waals surface area contributed by atoms with E-state index in [0.29, 0.717) is 11.5 Å². The summed E-state index contributed by atoms with van der Waals surface area (Å²) < 4.78 is 0. The van der Waals surface area contributed by atoms with Crippen molar-refractivity contribution in [2.24, 2.45) is 11.1 Å². The van der Waals surface area contributed by atoms with Gasteiger partial charge in [-0.2, -0.15) is 5.21 Å². The van der Waals surface area contributed by atoms with Gasteiger partial charge in [0.15, 0.2) is 0 Å². The Bertz CT molecular complexity index is 587. The molecule has 1 heterocycles. The molecule has 7 heteroatoms. The van der Waals surface area contributed by atoms with E-state index in [0.717, 1.165) is 5.56 Å². The number of benzene rings is 1. The summed E-state index contributed by atoms with van der Waals surface area (Å²) in [6.07, 6.45) is 0. The normalized spacial score (nSPS) is 13.0. The number of carbonyl (C=O) groups excluding carboxylic acids is 1. The fraction of sp³-hybridized carbons (Fsp3) is 0.385. The fourth-order valence-electron chi connectivity index (χ4n) is 1.63. The number of H-pyrrole nitrogens is 1. The molecule has 0 spiro atoms. The second-order valence-electron chi connectivity index (χ2n) is 5.65. The summed E-state index contributed by atoms with van der Waals surface area (Å²) in [4.78, 5) is 12.1. The average Bonchev–Trinajstić information content (AvgIpc) is 2.91. The van der Waals surface area contributed by atoms with Crippen LogP contribution in [-0.2, 0) is 4.79 Å². The zero-order valence-electron chi connectivity index (χ0n) is 11.7. The number of nitrogens with two attached hydrogens (primary N) is 1. The SMILES string of the molecule is CC(C)(C)C(N)C(=O)Nc1cccc(-c2nn[nH]n2)c1. The van der Waals surface area contributed by atoms with Gasteiger partial charge in [0.25, 0.3) is 0 Å². The maximum Gasteiger partial charge on any atom is 0.241 e. The molecule has 1 aromatic carbocycles. The van der Waals surface area contributed by atoms with Gasteiger partial charge < -0.3 is 11.1 Å². The number of hydrogen-bond acceptors (Lipinski definition) is 5. The summed E-state index contributed by atoms with van der Waals surface area (Å²) in [6.45, 7) is 5.77. The molecule has 7 nitrogen and oxygen atoms in total. The van der Waals surface area contributed by atoms with Crippen LogP contribution in [0.5, 0.6) is 0 Å². The maximum absolute atomic E-state index is 12.1. The van der Waals surface area contributed by atoms with Crippen molar-refractivity contribution in [3.63, 3.8) is 0 Å². The molecule has 0 aliphatic rings. The summed E-state index contributed by atoms with van der Waals surface area (Å²) in [5.41, 5.74) is 7.04. The Labute approximate surface area is 117 Å². The monoisotopic (exact) mass is 274 g/mol. The van der Waals surface area contributed by atoms with Crippen LogP contribution in [-0.4, -0.2) is 32.6 Å². The fourth-order valence-corrected chi connectivity index (χ4v) is 1.63. The van der Waals surface area contributed by atoms with Crippen molar-refractivity contribution in [3.8, 4) is 11.4 Å². The molecule has 2 aromatic rings. The Morgan fingerprint density at radius 1 is 1.40 bits per heavy atom. The zero-order valence-corrected chi connectivity index (χ0v) is 11.7. The molecule has 0 aliphatic heterocycles. The number of hydrogen-bond donors (Lipinski definition) is 3. The van der Waals surface area contributed by atoms with Crippen molar-refractivity contribution in [2.45, 2.75) is 26.8 Å². The van der Waals surface area contributed by atoms with Crippen LogP contribution in [0.15, 0.2) is 24.3 Å². The molecule has 0 radical (unpaired) electrons. The third-order valence-electron chi connectivity index (χ3n) is 2.95. The van der Waals surface area contributed by atoms with Crippen LogP contribution >= 0.6 is 0 Å². The molecule has 1 unspecified atom stereocenters. The van der Waals surface area contributed by atoms with Crippen LogP contribution in [0.2, 0.25) is 0 Å². The highest BCUT2D eigenvalue weighted by atomic mass is 16.2. The molecule has 4 N–H and O–H groups in total. The lowest BCUT2D eigenvalue weighted by atomic mass is 9.87. The first-order chi connectivity index (χ1) is 9.38. The predicted octanol–water partition coefficient (Wildman–Crippen LogP) is 1.18. The van der Waals surface area contributed by atoms with Gasteiger partial charge in [-0.1, -0.05) is 32.9 Å². The van der Waals surface area contributed by atoms with Crippen molar-refractivity contribution in [1.82, 2.24) is 20.6 Å². The van der Waals surface area contributed by atoms with Crippen LogP contribution in [0.25, 0.3) is 11.4 Å². The van der Waals surface area contributed by atoms with Gasteiger partial charge in [0, 0.05) is 11.3 Å². The van der Waals surface area contributed by atoms with E-state index < -0.39 is 6.04 Å². The molecule has 1 amide bonds. The van der Waals surface area contributed by atoms with Gasteiger partial charge in [-0.3, -0.25) is 4.79 Å². The van der Waals surface area contributed by atoms with Crippen molar-refractivity contribution >= 4 is 11.6 Å². The molecule has 0 aliphatic carbocycles. The summed E-state index contributed by atoms with van der Waals surface area (Å²) >= 11 is 0. The standard InChI is InChI=1S/C13H18N6O/c1-13(2,3)10(14)12(20)15-9-6-4-5-8(7-9)11-16-18-19-17-11/h4-7,10H,14H2,1-3H3,(H,15,20)(H,16,17,18,19). The van der Waals surface area contributed by atoms with Gasteiger partial charge in [0.1, 0.15) is 0 Å². The third kappa shape index (κ3) is 3.18. The van der Waals surface area contributed by atoms with Crippen molar-refractivity contribution in [1.29, 1.82) is 0 Å². The molecule has 2 rings (SSSR count). The minimum atomic E-state index is -0.587. The van der Waals surface area contributed by atoms with Gasteiger partial charge in [-0.25, -0.2) is 0 Å². The van der Waals surface area contributed by atoms with Crippen LogP contribution in [0.4, 0.5) is 5.69 Å². The quantitative estimate of drug-likeness (QED) is 0.778. The second-order valence-corrected chi connectivity index (χ2v) is 5.65. The highest BCUT2D eigenvalue weighted by molar-refractivity contribution is 5.95. The molecule has 0 saturated heterocycles. The molecule has 1 atom stereocenters. The predicted molar refractivity (Wildman–Crippen MR) is 75.7 cm³/mol. The number of carbonyl (C=O) groups is 1. The number of tetrazole rings is 1.